The first-order valence-electron chi connectivity index (χ1n) is 10.3. The first-order chi connectivity index (χ1) is 16.0. The number of alkyl halides is 3. The Balaban J connectivity index is 0.000000540. The normalized spacial score (nSPS) is 10.4. The number of benzene rings is 3. The highest BCUT2D eigenvalue weighted by Crippen LogP contribution is 2.38. The van der Waals surface area contributed by atoms with E-state index in [0.717, 1.165) is 0 Å². The van der Waals surface area contributed by atoms with Gasteiger partial charge in [-0.3, -0.25) is 4.79 Å². The molecule has 0 fully saturated rings. The van der Waals surface area contributed by atoms with Gasteiger partial charge < -0.3 is 5.32 Å². The largest absolute Gasteiger partial charge is 0.422 e. The summed E-state index contributed by atoms with van der Waals surface area (Å²) >= 11 is 0. The van der Waals surface area contributed by atoms with Crippen LogP contribution in [0.4, 0.5) is 36.4 Å². The van der Waals surface area contributed by atoms with E-state index in [9.17, 15) is 35.5 Å². The maximum Gasteiger partial charge on any atom is 0.422 e. The monoisotopic (exact) mass is 487 g/mol. The molecule has 0 radical (unpaired) electrons. The fourth-order valence-corrected chi connectivity index (χ4v) is 2.63. The van der Waals surface area contributed by atoms with E-state index in [0.29, 0.717) is 5.56 Å². The number of amides is 1. The van der Waals surface area contributed by atoms with Crippen molar-refractivity contribution in [3.8, 4) is 0 Å². The van der Waals surface area contributed by atoms with Gasteiger partial charge in [-0.05, 0) is 18.9 Å². The fourth-order valence-electron chi connectivity index (χ4n) is 2.63. The van der Waals surface area contributed by atoms with Crippen molar-refractivity contribution in [2.45, 2.75) is 39.8 Å². The van der Waals surface area contributed by atoms with E-state index in [2.05, 4.69) is 19.1 Å². The molecule has 0 saturated heterocycles. The molecule has 0 unspecified atom stereocenters. The highest BCUT2D eigenvalue weighted by molar-refractivity contribution is 5.91. The number of rotatable bonds is 4. The van der Waals surface area contributed by atoms with Crippen LogP contribution < -0.4 is 5.32 Å². The summed E-state index contributed by atoms with van der Waals surface area (Å²) in [4.78, 5) is 11.7. The fraction of sp³-hybridized carbons (Fsp3) is 0.240. The van der Waals surface area contributed by atoms with Crippen molar-refractivity contribution < 1.29 is 35.5 Å². The number of halogens is 7. The van der Waals surface area contributed by atoms with Gasteiger partial charge in [0.15, 0.2) is 23.3 Å². The van der Waals surface area contributed by atoms with Crippen LogP contribution in [0.15, 0.2) is 60.7 Å². The van der Waals surface area contributed by atoms with E-state index < -0.39 is 46.6 Å². The number of hydrogen-bond acceptors (Lipinski definition) is 1. The van der Waals surface area contributed by atoms with Crippen LogP contribution in [0, 0.1) is 30.2 Å². The SMILES string of the molecule is CC.Cc1ccccc1.O=C(CCc1ccccc1)Nc1c(F)c(F)c(C(F)(F)F)c(F)c1F. The Hall–Kier alpha value is -3.36. The van der Waals surface area contributed by atoms with Crippen molar-refractivity contribution in [3.63, 3.8) is 0 Å². The van der Waals surface area contributed by atoms with Gasteiger partial charge >= 0.3 is 6.18 Å². The van der Waals surface area contributed by atoms with Crippen molar-refractivity contribution in [1.82, 2.24) is 0 Å². The van der Waals surface area contributed by atoms with Gasteiger partial charge in [0.2, 0.25) is 5.91 Å². The number of carbonyl (C=O) groups excluding carboxylic acids is 1. The second kappa shape index (κ2) is 13.4. The molecule has 0 aromatic heterocycles. The molecule has 34 heavy (non-hydrogen) atoms. The van der Waals surface area contributed by atoms with E-state index in [1.807, 2.05) is 32.0 Å². The highest BCUT2D eigenvalue weighted by Gasteiger charge is 2.42. The Morgan fingerprint density at radius 3 is 1.59 bits per heavy atom. The standard InChI is InChI=1S/C16H10F7NO.C7H8.C2H6/c17-11-10(16(21,22)23)12(18)14(20)15(13(11)19)24-9(25)7-6-8-4-2-1-3-5-8;1-7-5-3-2-4-6-7;1-2/h1-5H,6-7H2,(H,24,25);2-6H,1H3;1-2H3. The van der Waals surface area contributed by atoms with Crippen LogP contribution in [-0.4, -0.2) is 5.91 Å². The van der Waals surface area contributed by atoms with Crippen LogP contribution in [0.3, 0.4) is 0 Å². The van der Waals surface area contributed by atoms with Gasteiger partial charge in [-0.2, -0.15) is 13.2 Å². The van der Waals surface area contributed by atoms with Crippen molar-refractivity contribution in [3.05, 3.63) is 101 Å². The van der Waals surface area contributed by atoms with Crippen LogP contribution in [0.2, 0.25) is 0 Å². The van der Waals surface area contributed by atoms with Gasteiger partial charge in [0.25, 0.3) is 0 Å². The third-order valence-corrected chi connectivity index (χ3v) is 4.24. The van der Waals surface area contributed by atoms with Crippen molar-refractivity contribution in [2.75, 3.05) is 5.32 Å². The summed E-state index contributed by atoms with van der Waals surface area (Å²) in [6.45, 7) is 6.08. The van der Waals surface area contributed by atoms with Crippen LogP contribution in [0.1, 0.15) is 37.0 Å². The zero-order valence-electron chi connectivity index (χ0n) is 18.7. The van der Waals surface area contributed by atoms with Gasteiger partial charge in [0.05, 0.1) is 0 Å². The summed E-state index contributed by atoms with van der Waals surface area (Å²) in [6.07, 6.45) is -5.78. The maximum absolute atomic E-state index is 13.7. The molecule has 0 spiro atoms. The number of aryl methyl sites for hydroxylation is 2. The lowest BCUT2D eigenvalue weighted by molar-refractivity contribution is -0.143. The zero-order valence-corrected chi connectivity index (χ0v) is 18.7. The van der Waals surface area contributed by atoms with Gasteiger partial charge in [-0.15, -0.1) is 0 Å². The Kier molecular flexibility index (Phi) is 11.3. The molecule has 1 N–H and O–H groups in total. The van der Waals surface area contributed by atoms with E-state index in [-0.39, 0.29) is 12.8 Å². The summed E-state index contributed by atoms with van der Waals surface area (Å²) < 4.78 is 91.6. The molecule has 1 amide bonds. The molecule has 0 aliphatic carbocycles. The van der Waals surface area contributed by atoms with Gasteiger partial charge in [0, 0.05) is 6.42 Å². The van der Waals surface area contributed by atoms with Crippen molar-refractivity contribution in [2.24, 2.45) is 0 Å². The molecule has 3 rings (SSSR count). The molecule has 0 bridgehead atoms. The zero-order chi connectivity index (χ0) is 25.9. The van der Waals surface area contributed by atoms with Gasteiger partial charge in [-0.25, -0.2) is 17.6 Å². The summed E-state index contributed by atoms with van der Waals surface area (Å²) in [5.74, 6) is -10.9. The molecule has 184 valence electrons. The van der Waals surface area contributed by atoms with Crippen molar-refractivity contribution >= 4 is 11.6 Å². The van der Waals surface area contributed by atoms with E-state index in [1.54, 1.807) is 35.6 Å². The molecule has 2 nitrogen and oxygen atoms in total. The minimum atomic E-state index is -5.63. The second-order valence-electron chi connectivity index (χ2n) is 6.69. The van der Waals surface area contributed by atoms with Crippen LogP contribution >= 0.6 is 0 Å². The Bertz CT molecular complexity index is 1020. The number of nitrogens with one attached hydrogen (secondary N) is 1. The molecule has 3 aromatic rings. The Labute approximate surface area is 193 Å². The average molecular weight is 487 g/mol. The molecule has 9 heteroatoms. The van der Waals surface area contributed by atoms with Gasteiger partial charge in [0.1, 0.15) is 11.3 Å². The van der Waals surface area contributed by atoms with Crippen LogP contribution in [0.5, 0.6) is 0 Å². The van der Waals surface area contributed by atoms with Gasteiger partial charge in [-0.1, -0.05) is 80.1 Å². The Morgan fingerprint density at radius 2 is 1.21 bits per heavy atom. The number of carbonyl (C=O) groups is 1. The smallest absolute Gasteiger partial charge is 0.321 e. The third-order valence-electron chi connectivity index (χ3n) is 4.24. The maximum atomic E-state index is 13.7. The first-order valence-corrected chi connectivity index (χ1v) is 10.3. The molecule has 0 heterocycles. The van der Waals surface area contributed by atoms with E-state index in [4.69, 9.17) is 0 Å². The first kappa shape index (κ1) is 28.7. The quantitative estimate of drug-likeness (QED) is 0.295. The lowest BCUT2D eigenvalue weighted by Crippen LogP contribution is -2.20. The Morgan fingerprint density at radius 1 is 0.765 bits per heavy atom. The predicted octanol–water partition coefficient (Wildman–Crippen LogP) is 7.85. The van der Waals surface area contributed by atoms with Crippen molar-refractivity contribution in [1.29, 1.82) is 0 Å². The lowest BCUT2D eigenvalue weighted by Gasteiger charge is -2.14. The summed E-state index contributed by atoms with van der Waals surface area (Å²) in [7, 11) is 0. The summed E-state index contributed by atoms with van der Waals surface area (Å²) in [5, 5.41) is 1.57. The molecule has 3 aromatic carbocycles. The average Bonchev–Trinajstić information content (AvgIpc) is 2.81. The lowest BCUT2D eigenvalue weighted by atomic mass is 10.1. The summed E-state index contributed by atoms with van der Waals surface area (Å²) in [6, 6.07) is 18.7. The molecule has 0 aliphatic heterocycles. The minimum Gasteiger partial charge on any atom is -0.321 e. The van der Waals surface area contributed by atoms with Crippen LogP contribution in [0.25, 0.3) is 0 Å². The third kappa shape index (κ3) is 8.20. The van der Waals surface area contributed by atoms with Crippen LogP contribution in [-0.2, 0) is 17.4 Å². The molecule has 0 atom stereocenters. The number of anilines is 1. The van der Waals surface area contributed by atoms with E-state index >= 15 is 0 Å². The van der Waals surface area contributed by atoms with E-state index in [1.165, 1.54) is 5.56 Å². The minimum absolute atomic E-state index is 0.154. The molecular formula is C25H24F7NO. The summed E-state index contributed by atoms with van der Waals surface area (Å²) in [5.41, 5.74) is -2.25. The topological polar surface area (TPSA) is 29.1 Å². The molecule has 0 aliphatic rings. The molecular weight excluding hydrogens is 463 g/mol. The highest BCUT2D eigenvalue weighted by atomic mass is 19.4. The second-order valence-corrected chi connectivity index (χ2v) is 6.69. The predicted molar refractivity (Wildman–Crippen MR) is 117 cm³/mol. The molecule has 0 saturated carbocycles. The number of hydrogen-bond donors (Lipinski definition) is 1.